The molecule has 17 heavy (non-hydrogen) atoms. The summed E-state index contributed by atoms with van der Waals surface area (Å²) in [5.41, 5.74) is 1.76. The van der Waals surface area contributed by atoms with Crippen molar-refractivity contribution in [3.63, 3.8) is 0 Å². The first kappa shape index (κ1) is 10.3. The fraction of sp³-hybridized carbons (Fsp3) is 0.182. The van der Waals surface area contributed by atoms with E-state index in [4.69, 9.17) is 0 Å². The van der Waals surface area contributed by atoms with E-state index in [0.717, 1.165) is 11.0 Å². The van der Waals surface area contributed by atoms with Gasteiger partial charge in [-0.1, -0.05) is 23.9 Å². The highest BCUT2D eigenvalue weighted by molar-refractivity contribution is 7.98. The van der Waals surface area contributed by atoms with Crippen LogP contribution in [-0.4, -0.2) is 31.3 Å². The fourth-order valence-corrected chi connectivity index (χ4v) is 2.42. The Kier molecular flexibility index (Phi) is 2.19. The summed E-state index contributed by atoms with van der Waals surface area (Å²) in [5.74, 6) is 0.496. The maximum atomic E-state index is 11.6. The van der Waals surface area contributed by atoms with Crippen LogP contribution in [0.2, 0.25) is 0 Å². The lowest BCUT2D eigenvalue weighted by molar-refractivity contribution is 0.0931. The second kappa shape index (κ2) is 3.59. The molecule has 3 aromatic rings. The Hall–Kier alpha value is -1.82. The highest BCUT2D eigenvalue weighted by Gasteiger charge is 2.17. The SMILES string of the molecule is CSc1nn2c3ccccc3nc2n1C(C)=O. The molecule has 0 fully saturated rings. The highest BCUT2D eigenvalue weighted by atomic mass is 32.2. The Bertz CT molecular complexity index is 728. The molecule has 2 heterocycles. The number of thioether (sulfide) groups is 1. The molecule has 0 N–H and O–H groups in total. The number of fused-ring (bicyclic) bond motifs is 3. The summed E-state index contributed by atoms with van der Waals surface area (Å²) in [7, 11) is 0. The van der Waals surface area contributed by atoms with Crippen molar-refractivity contribution >= 4 is 34.5 Å². The number of imidazole rings is 1. The fourth-order valence-electron chi connectivity index (χ4n) is 1.87. The lowest BCUT2D eigenvalue weighted by atomic mass is 10.3. The maximum absolute atomic E-state index is 11.6. The van der Waals surface area contributed by atoms with Crippen molar-refractivity contribution in [2.24, 2.45) is 0 Å². The number of benzene rings is 1. The van der Waals surface area contributed by atoms with Gasteiger partial charge in [-0.3, -0.25) is 4.79 Å². The van der Waals surface area contributed by atoms with Crippen LogP contribution in [0.4, 0.5) is 0 Å². The van der Waals surface area contributed by atoms with Gasteiger partial charge in [-0.05, 0) is 18.4 Å². The second-order valence-electron chi connectivity index (χ2n) is 3.65. The van der Waals surface area contributed by atoms with Gasteiger partial charge in [0, 0.05) is 6.92 Å². The Morgan fingerprint density at radius 3 is 2.82 bits per heavy atom. The van der Waals surface area contributed by atoms with E-state index >= 15 is 0 Å². The average molecular weight is 246 g/mol. The Balaban J connectivity index is 2.48. The van der Waals surface area contributed by atoms with Crippen LogP contribution < -0.4 is 0 Å². The molecule has 1 aromatic carbocycles. The van der Waals surface area contributed by atoms with Crippen molar-refractivity contribution in [2.75, 3.05) is 6.26 Å². The zero-order valence-corrected chi connectivity index (χ0v) is 10.2. The summed E-state index contributed by atoms with van der Waals surface area (Å²) >= 11 is 1.43. The molecule has 0 saturated heterocycles. The van der Waals surface area contributed by atoms with Crippen molar-refractivity contribution in [1.29, 1.82) is 0 Å². The molecular formula is C11H10N4OS. The predicted molar refractivity (Wildman–Crippen MR) is 66.6 cm³/mol. The molecule has 0 aliphatic carbocycles. The van der Waals surface area contributed by atoms with E-state index in [-0.39, 0.29) is 5.91 Å². The number of carbonyl (C=O) groups excluding carboxylic acids is 1. The molecule has 86 valence electrons. The normalized spacial score (nSPS) is 11.4. The van der Waals surface area contributed by atoms with Crippen molar-refractivity contribution in [2.45, 2.75) is 12.1 Å². The number of aromatic nitrogens is 4. The molecule has 3 rings (SSSR count). The molecule has 0 unspecified atom stereocenters. The van der Waals surface area contributed by atoms with Gasteiger partial charge in [0.2, 0.25) is 11.7 Å². The summed E-state index contributed by atoms with van der Waals surface area (Å²) in [6.45, 7) is 1.51. The first-order valence-electron chi connectivity index (χ1n) is 5.13. The van der Waals surface area contributed by atoms with Crippen LogP contribution in [-0.2, 0) is 0 Å². The number of hydrogen-bond donors (Lipinski definition) is 0. The van der Waals surface area contributed by atoms with Gasteiger partial charge in [0.1, 0.15) is 0 Å². The van der Waals surface area contributed by atoms with Gasteiger partial charge in [0.25, 0.3) is 0 Å². The zero-order valence-electron chi connectivity index (χ0n) is 9.41. The molecule has 5 nitrogen and oxygen atoms in total. The third kappa shape index (κ3) is 1.37. The second-order valence-corrected chi connectivity index (χ2v) is 4.43. The van der Waals surface area contributed by atoms with Gasteiger partial charge in [-0.15, -0.1) is 5.10 Å². The van der Waals surface area contributed by atoms with E-state index in [9.17, 15) is 4.79 Å². The van der Waals surface area contributed by atoms with Crippen LogP contribution in [0, 0.1) is 0 Å². The largest absolute Gasteiger partial charge is 0.274 e. The molecule has 0 aliphatic heterocycles. The smallest absolute Gasteiger partial charge is 0.241 e. The number of rotatable bonds is 1. The quantitative estimate of drug-likeness (QED) is 0.617. The monoisotopic (exact) mass is 246 g/mol. The topological polar surface area (TPSA) is 52.2 Å². The highest BCUT2D eigenvalue weighted by Crippen LogP contribution is 2.21. The minimum absolute atomic E-state index is 0.0767. The summed E-state index contributed by atoms with van der Waals surface area (Å²) in [4.78, 5) is 16.1. The Morgan fingerprint density at radius 2 is 2.12 bits per heavy atom. The van der Waals surface area contributed by atoms with Gasteiger partial charge >= 0.3 is 0 Å². The molecule has 0 aliphatic rings. The average Bonchev–Trinajstić information content (AvgIpc) is 2.83. The molecule has 2 aromatic heterocycles. The molecule has 0 bridgehead atoms. The number of hydrogen-bond acceptors (Lipinski definition) is 4. The molecular weight excluding hydrogens is 236 g/mol. The summed E-state index contributed by atoms with van der Waals surface area (Å²) < 4.78 is 3.24. The molecule has 0 saturated carbocycles. The van der Waals surface area contributed by atoms with E-state index in [1.807, 2.05) is 30.5 Å². The van der Waals surface area contributed by atoms with Gasteiger partial charge in [0.05, 0.1) is 11.0 Å². The third-order valence-corrected chi connectivity index (χ3v) is 3.22. The number of carbonyl (C=O) groups is 1. The van der Waals surface area contributed by atoms with E-state index < -0.39 is 0 Å². The molecule has 0 atom stereocenters. The summed E-state index contributed by atoms with van der Waals surface area (Å²) in [6.07, 6.45) is 1.89. The third-order valence-electron chi connectivity index (χ3n) is 2.59. The molecule has 0 spiro atoms. The zero-order chi connectivity index (χ0) is 12.0. The van der Waals surface area contributed by atoms with E-state index in [1.54, 1.807) is 4.52 Å². The number of nitrogens with zero attached hydrogens (tertiary/aromatic N) is 4. The van der Waals surface area contributed by atoms with E-state index in [2.05, 4.69) is 10.1 Å². The van der Waals surface area contributed by atoms with Crippen LogP contribution >= 0.6 is 11.8 Å². The minimum atomic E-state index is -0.0767. The lowest BCUT2D eigenvalue weighted by Gasteiger charge is -1.97. The van der Waals surface area contributed by atoms with E-state index in [1.165, 1.54) is 23.3 Å². The van der Waals surface area contributed by atoms with Crippen LogP contribution in [0.3, 0.4) is 0 Å². The van der Waals surface area contributed by atoms with Gasteiger partial charge in [-0.25, -0.2) is 9.55 Å². The Labute approximate surface area is 101 Å². The van der Waals surface area contributed by atoms with Crippen LogP contribution in [0.15, 0.2) is 29.4 Å². The van der Waals surface area contributed by atoms with E-state index in [0.29, 0.717) is 10.9 Å². The summed E-state index contributed by atoms with van der Waals surface area (Å²) in [5, 5.41) is 5.06. The molecule has 0 amide bonds. The predicted octanol–water partition coefficient (Wildman–Crippen LogP) is 2.07. The van der Waals surface area contributed by atoms with Crippen LogP contribution in [0.25, 0.3) is 16.8 Å². The van der Waals surface area contributed by atoms with Gasteiger partial charge < -0.3 is 0 Å². The van der Waals surface area contributed by atoms with Crippen LogP contribution in [0.5, 0.6) is 0 Å². The van der Waals surface area contributed by atoms with Gasteiger partial charge in [0.15, 0.2) is 5.16 Å². The van der Waals surface area contributed by atoms with Crippen molar-refractivity contribution in [3.8, 4) is 0 Å². The minimum Gasteiger partial charge on any atom is -0.274 e. The van der Waals surface area contributed by atoms with Crippen molar-refractivity contribution in [3.05, 3.63) is 24.3 Å². The Morgan fingerprint density at radius 1 is 1.35 bits per heavy atom. The molecule has 6 heteroatoms. The van der Waals surface area contributed by atoms with Crippen LogP contribution in [0.1, 0.15) is 11.7 Å². The lowest BCUT2D eigenvalue weighted by Crippen LogP contribution is -2.07. The first-order chi connectivity index (χ1) is 8.22. The maximum Gasteiger partial charge on any atom is 0.241 e. The first-order valence-corrected chi connectivity index (χ1v) is 6.36. The molecule has 0 radical (unpaired) electrons. The standard InChI is InChI=1S/C11H10N4OS/c1-7(16)14-10-12-8-5-3-4-6-9(8)15(10)13-11(14)17-2/h3-6H,1-2H3. The van der Waals surface area contributed by atoms with Crippen molar-refractivity contribution < 1.29 is 4.79 Å². The van der Waals surface area contributed by atoms with Crippen molar-refractivity contribution in [1.82, 2.24) is 19.2 Å². The summed E-state index contributed by atoms with van der Waals surface area (Å²) in [6, 6.07) is 7.70. The van der Waals surface area contributed by atoms with Gasteiger partial charge in [-0.2, -0.15) is 4.52 Å². The number of para-hydroxylation sites is 2.